The average Bonchev–Trinajstić information content (AvgIpc) is 2.25. The van der Waals surface area contributed by atoms with Crippen LogP contribution in [0.5, 0.6) is 0 Å². The van der Waals surface area contributed by atoms with Crippen LogP contribution >= 0.6 is 0 Å². The number of allylic oxidation sites excluding steroid dienone is 5. The van der Waals surface area contributed by atoms with Crippen LogP contribution in [0.1, 0.15) is 20.3 Å². The Labute approximate surface area is 81.4 Å². The van der Waals surface area contributed by atoms with Crippen LogP contribution in [0.3, 0.4) is 0 Å². The zero-order chi connectivity index (χ0) is 9.90. The second kappa shape index (κ2) is 3.82. The fraction of sp³-hybridized carbons (Fsp3) is 0.500. The first kappa shape index (κ1) is 10.1. The predicted octanol–water partition coefficient (Wildman–Crippen LogP) is 2.97. The van der Waals surface area contributed by atoms with Crippen LogP contribution in [0.2, 0.25) is 0 Å². The molecule has 72 valence electrons. The van der Waals surface area contributed by atoms with E-state index in [1.807, 2.05) is 6.08 Å². The molecular formula is C12H19N. The number of likely N-dealkylation sites (tertiary alicyclic amines) is 1. The van der Waals surface area contributed by atoms with E-state index >= 15 is 0 Å². The highest BCUT2D eigenvalue weighted by Gasteiger charge is 2.29. The molecule has 0 spiro atoms. The predicted molar refractivity (Wildman–Crippen MR) is 58.4 cm³/mol. The molecular weight excluding hydrogens is 158 g/mol. The summed E-state index contributed by atoms with van der Waals surface area (Å²) in [6.45, 7) is 9.41. The van der Waals surface area contributed by atoms with Gasteiger partial charge in [0.15, 0.2) is 0 Å². The lowest BCUT2D eigenvalue weighted by Gasteiger charge is -2.16. The molecule has 0 bridgehead atoms. The van der Waals surface area contributed by atoms with Crippen molar-refractivity contribution in [2.24, 2.45) is 5.41 Å². The molecule has 1 rings (SSSR count). The second-order valence-electron chi connectivity index (χ2n) is 4.48. The first-order valence-corrected chi connectivity index (χ1v) is 4.74. The molecule has 0 radical (unpaired) electrons. The topological polar surface area (TPSA) is 3.24 Å². The van der Waals surface area contributed by atoms with Crippen molar-refractivity contribution in [2.45, 2.75) is 20.3 Å². The number of hydrogen-bond donors (Lipinski definition) is 0. The van der Waals surface area contributed by atoms with Crippen molar-refractivity contribution < 1.29 is 0 Å². The molecule has 1 aliphatic rings. The van der Waals surface area contributed by atoms with Crippen molar-refractivity contribution >= 4 is 0 Å². The quantitative estimate of drug-likeness (QED) is 0.586. The third-order valence-electron chi connectivity index (χ3n) is 2.35. The van der Waals surface area contributed by atoms with Crippen LogP contribution in [-0.4, -0.2) is 18.5 Å². The van der Waals surface area contributed by atoms with Gasteiger partial charge in [-0.3, -0.25) is 0 Å². The molecule has 0 unspecified atom stereocenters. The molecule has 1 saturated heterocycles. The molecule has 0 aliphatic carbocycles. The van der Waals surface area contributed by atoms with Crippen molar-refractivity contribution in [3.63, 3.8) is 0 Å². The number of hydrogen-bond acceptors (Lipinski definition) is 1. The molecule has 0 saturated carbocycles. The van der Waals surface area contributed by atoms with Gasteiger partial charge < -0.3 is 4.90 Å². The van der Waals surface area contributed by atoms with E-state index in [-0.39, 0.29) is 0 Å². The Kier molecular flexibility index (Phi) is 2.97. The largest absolute Gasteiger partial charge is 0.377 e. The molecule has 0 amide bonds. The maximum absolute atomic E-state index is 3.64. The molecule has 0 aromatic heterocycles. The zero-order valence-electron chi connectivity index (χ0n) is 8.88. The van der Waals surface area contributed by atoms with Gasteiger partial charge in [-0.25, -0.2) is 0 Å². The average molecular weight is 177 g/mol. The highest BCUT2D eigenvalue weighted by Crippen LogP contribution is 2.34. The second-order valence-corrected chi connectivity index (χ2v) is 4.48. The SMILES string of the molecule is C=C/C=C\C=C1/CC(C)(C)CN1C. The van der Waals surface area contributed by atoms with E-state index in [4.69, 9.17) is 0 Å². The first-order chi connectivity index (χ1) is 6.05. The fourth-order valence-electron chi connectivity index (χ4n) is 1.86. The Bertz CT molecular complexity index is 246. The van der Waals surface area contributed by atoms with Crippen LogP contribution < -0.4 is 0 Å². The van der Waals surface area contributed by atoms with Crippen molar-refractivity contribution in [3.05, 3.63) is 36.6 Å². The minimum atomic E-state index is 0.433. The molecule has 1 nitrogen and oxygen atoms in total. The summed E-state index contributed by atoms with van der Waals surface area (Å²) in [4.78, 5) is 2.33. The van der Waals surface area contributed by atoms with Gasteiger partial charge in [0.2, 0.25) is 0 Å². The van der Waals surface area contributed by atoms with Gasteiger partial charge >= 0.3 is 0 Å². The van der Waals surface area contributed by atoms with E-state index in [0.717, 1.165) is 6.54 Å². The number of rotatable bonds is 2. The summed E-state index contributed by atoms with van der Waals surface area (Å²) < 4.78 is 0. The highest BCUT2D eigenvalue weighted by molar-refractivity contribution is 5.19. The molecule has 1 fully saturated rings. The van der Waals surface area contributed by atoms with E-state index < -0.39 is 0 Å². The summed E-state index contributed by atoms with van der Waals surface area (Å²) in [5, 5.41) is 0. The summed E-state index contributed by atoms with van der Waals surface area (Å²) in [7, 11) is 2.16. The van der Waals surface area contributed by atoms with Gasteiger partial charge in [-0.05, 0) is 17.9 Å². The lowest BCUT2D eigenvalue weighted by molar-refractivity contribution is 0.345. The first-order valence-electron chi connectivity index (χ1n) is 4.74. The zero-order valence-corrected chi connectivity index (χ0v) is 8.88. The summed E-state index contributed by atoms with van der Waals surface area (Å²) in [5.74, 6) is 0. The normalized spacial score (nSPS) is 24.5. The van der Waals surface area contributed by atoms with Crippen molar-refractivity contribution in [2.75, 3.05) is 13.6 Å². The molecule has 0 aromatic carbocycles. The van der Waals surface area contributed by atoms with Crippen LogP contribution in [0, 0.1) is 5.41 Å². The summed E-state index contributed by atoms with van der Waals surface area (Å²) in [5.41, 5.74) is 1.85. The van der Waals surface area contributed by atoms with Crippen LogP contribution in [-0.2, 0) is 0 Å². The molecule has 1 aliphatic heterocycles. The van der Waals surface area contributed by atoms with E-state index in [0.29, 0.717) is 5.41 Å². The Morgan fingerprint density at radius 2 is 2.08 bits per heavy atom. The van der Waals surface area contributed by atoms with Crippen LogP contribution in [0.25, 0.3) is 0 Å². The Morgan fingerprint density at radius 3 is 2.54 bits per heavy atom. The van der Waals surface area contributed by atoms with Gasteiger partial charge in [0.1, 0.15) is 0 Å². The fourth-order valence-corrected chi connectivity index (χ4v) is 1.86. The third-order valence-corrected chi connectivity index (χ3v) is 2.35. The van der Waals surface area contributed by atoms with E-state index in [1.165, 1.54) is 12.1 Å². The highest BCUT2D eigenvalue weighted by atomic mass is 15.1. The van der Waals surface area contributed by atoms with Gasteiger partial charge in [0.05, 0.1) is 0 Å². The summed E-state index contributed by atoms with van der Waals surface area (Å²) in [6, 6.07) is 0. The summed E-state index contributed by atoms with van der Waals surface area (Å²) >= 11 is 0. The lowest BCUT2D eigenvalue weighted by atomic mass is 9.92. The summed E-state index contributed by atoms with van der Waals surface area (Å²) in [6.07, 6.45) is 9.17. The Morgan fingerprint density at radius 1 is 1.38 bits per heavy atom. The van der Waals surface area contributed by atoms with Crippen LogP contribution in [0.15, 0.2) is 36.6 Å². The van der Waals surface area contributed by atoms with Gasteiger partial charge in [-0.2, -0.15) is 0 Å². The standard InChI is InChI=1S/C12H19N/c1-5-6-7-8-11-9-12(2,3)10-13(11)4/h5-8H,1,9-10H2,2-4H3/b7-6-,11-8+. The molecule has 0 N–H and O–H groups in total. The molecule has 13 heavy (non-hydrogen) atoms. The molecule has 0 aromatic rings. The molecule has 1 heterocycles. The van der Waals surface area contributed by atoms with Crippen molar-refractivity contribution in [1.82, 2.24) is 4.90 Å². The van der Waals surface area contributed by atoms with Gasteiger partial charge in [-0.1, -0.05) is 38.7 Å². The Hall–Kier alpha value is -0.980. The van der Waals surface area contributed by atoms with E-state index in [9.17, 15) is 0 Å². The molecule has 0 atom stereocenters. The maximum atomic E-state index is 3.64. The Balaban J connectivity index is 2.67. The number of nitrogens with zero attached hydrogens (tertiary/aromatic N) is 1. The van der Waals surface area contributed by atoms with Crippen molar-refractivity contribution in [1.29, 1.82) is 0 Å². The maximum Gasteiger partial charge on any atom is 0.0226 e. The lowest BCUT2D eigenvalue weighted by Crippen LogP contribution is -2.17. The van der Waals surface area contributed by atoms with Gasteiger partial charge in [0.25, 0.3) is 0 Å². The van der Waals surface area contributed by atoms with Gasteiger partial charge in [0, 0.05) is 19.3 Å². The third kappa shape index (κ3) is 2.76. The van der Waals surface area contributed by atoms with Crippen molar-refractivity contribution in [3.8, 4) is 0 Å². The smallest absolute Gasteiger partial charge is 0.0226 e. The minimum Gasteiger partial charge on any atom is -0.377 e. The minimum absolute atomic E-state index is 0.433. The van der Waals surface area contributed by atoms with Crippen LogP contribution in [0.4, 0.5) is 0 Å². The van der Waals surface area contributed by atoms with E-state index in [1.54, 1.807) is 6.08 Å². The van der Waals surface area contributed by atoms with E-state index in [2.05, 4.69) is 44.5 Å². The van der Waals surface area contributed by atoms with Gasteiger partial charge in [-0.15, -0.1) is 0 Å². The molecule has 1 heteroatoms. The monoisotopic (exact) mass is 177 g/mol.